The van der Waals surface area contributed by atoms with E-state index in [9.17, 15) is 13.2 Å². The van der Waals surface area contributed by atoms with Gasteiger partial charge in [-0.1, -0.05) is 12.1 Å². The number of sulfone groups is 1. The molecule has 0 saturated carbocycles. The molecule has 0 unspecified atom stereocenters. The van der Waals surface area contributed by atoms with Crippen LogP contribution in [0.4, 0.5) is 0 Å². The second kappa shape index (κ2) is 5.04. The van der Waals surface area contributed by atoms with E-state index >= 15 is 0 Å². The predicted octanol–water partition coefficient (Wildman–Crippen LogP) is 2.44. The fourth-order valence-corrected chi connectivity index (χ4v) is 2.61. The Hall–Kier alpha value is -1.45. The summed E-state index contributed by atoms with van der Waals surface area (Å²) in [5.41, 5.74) is -0.0999. The van der Waals surface area contributed by atoms with E-state index in [0.717, 1.165) is 0 Å². The van der Waals surface area contributed by atoms with Gasteiger partial charge in [0.1, 0.15) is 0 Å². The molecule has 1 rings (SSSR count). The molecule has 4 nitrogen and oxygen atoms in total. The van der Waals surface area contributed by atoms with Gasteiger partial charge >= 0.3 is 0 Å². The zero-order chi connectivity index (χ0) is 14.0. The zero-order valence-electron chi connectivity index (χ0n) is 11.0. The number of hydrogen-bond donors (Lipinski definition) is 0. The summed E-state index contributed by atoms with van der Waals surface area (Å²) in [6.45, 7) is 6.74. The van der Waals surface area contributed by atoms with Gasteiger partial charge in [0.05, 0.1) is 15.7 Å². The van der Waals surface area contributed by atoms with Crippen molar-refractivity contribution in [2.75, 3.05) is 0 Å². The number of isocyanates is 1. The van der Waals surface area contributed by atoms with Crippen LogP contribution in [0, 0.1) is 0 Å². The molecule has 0 aliphatic rings. The second-order valence-electron chi connectivity index (χ2n) is 4.88. The molecule has 18 heavy (non-hydrogen) atoms. The topological polar surface area (TPSA) is 63.6 Å². The molecule has 0 atom stereocenters. The Morgan fingerprint density at radius 3 is 2.39 bits per heavy atom. The molecule has 0 saturated heterocycles. The van der Waals surface area contributed by atoms with Crippen LogP contribution in [0.5, 0.6) is 0 Å². The Bertz CT molecular complexity index is 582. The molecule has 0 fully saturated rings. The van der Waals surface area contributed by atoms with Crippen molar-refractivity contribution in [1.29, 1.82) is 0 Å². The second-order valence-corrected chi connectivity index (χ2v) is 7.39. The number of nitrogens with zero attached hydrogens (tertiary/aromatic N) is 1. The normalized spacial score (nSPS) is 12.3. The number of benzene rings is 1. The molecule has 0 aliphatic carbocycles. The Morgan fingerprint density at radius 2 is 1.89 bits per heavy atom. The van der Waals surface area contributed by atoms with Crippen LogP contribution in [-0.4, -0.2) is 19.7 Å². The van der Waals surface area contributed by atoms with Gasteiger partial charge in [-0.3, -0.25) is 0 Å². The lowest BCUT2D eigenvalue weighted by atomic mass is 9.95. The van der Waals surface area contributed by atoms with E-state index in [1.165, 1.54) is 6.08 Å². The minimum Gasteiger partial charge on any atom is -0.223 e. The highest BCUT2D eigenvalue weighted by Gasteiger charge is 2.24. The van der Waals surface area contributed by atoms with E-state index < -0.39 is 20.6 Å². The van der Waals surface area contributed by atoms with Gasteiger partial charge < -0.3 is 0 Å². The highest BCUT2D eigenvalue weighted by atomic mass is 32.2. The van der Waals surface area contributed by atoms with Crippen LogP contribution in [0.25, 0.3) is 0 Å². The molecule has 1 aromatic carbocycles. The first-order valence-electron chi connectivity index (χ1n) is 5.65. The van der Waals surface area contributed by atoms with Crippen molar-refractivity contribution in [1.82, 2.24) is 0 Å². The average molecular weight is 267 g/mol. The zero-order valence-corrected chi connectivity index (χ0v) is 11.8. The van der Waals surface area contributed by atoms with Crippen LogP contribution in [0.3, 0.4) is 0 Å². The van der Waals surface area contributed by atoms with Crippen LogP contribution >= 0.6 is 0 Å². The summed E-state index contributed by atoms with van der Waals surface area (Å²) in [5.74, 6) is 0. The SMILES string of the molecule is CC(C)S(=O)(=O)c1cccc(C(C)(C)N=C=O)c1. The molecule has 98 valence electrons. The quantitative estimate of drug-likeness (QED) is 0.621. The molecule has 0 heterocycles. The molecule has 0 N–H and O–H groups in total. The van der Waals surface area contributed by atoms with E-state index in [1.54, 1.807) is 52.0 Å². The van der Waals surface area contributed by atoms with E-state index in [2.05, 4.69) is 4.99 Å². The van der Waals surface area contributed by atoms with Crippen molar-refractivity contribution < 1.29 is 13.2 Å². The van der Waals surface area contributed by atoms with Gasteiger partial charge in [0, 0.05) is 0 Å². The lowest BCUT2D eigenvalue weighted by Crippen LogP contribution is -2.17. The lowest BCUT2D eigenvalue weighted by molar-refractivity contribution is 0.522. The Morgan fingerprint density at radius 1 is 1.28 bits per heavy atom. The number of hydrogen-bond acceptors (Lipinski definition) is 4. The van der Waals surface area contributed by atoms with Crippen molar-refractivity contribution in [3.05, 3.63) is 29.8 Å². The summed E-state index contributed by atoms with van der Waals surface area (Å²) in [4.78, 5) is 14.3. The molecular formula is C13H17NO3S. The molecular weight excluding hydrogens is 250 g/mol. The maximum Gasteiger partial charge on any atom is 0.235 e. The third kappa shape index (κ3) is 2.86. The van der Waals surface area contributed by atoms with Crippen molar-refractivity contribution in [3.63, 3.8) is 0 Å². The monoisotopic (exact) mass is 267 g/mol. The van der Waals surface area contributed by atoms with Gasteiger partial charge in [-0.2, -0.15) is 4.99 Å². The van der Waals surface area contributed by atoms with Crippen LogP contribution in [0.2, 0.25) is 0 Å². The largest absolute Gasteiger partial charge is 0.235 e. The third-order valence-electron chi connectivity index (χ3n) is 2.81. The number of aliphatic imine (C=N–C) groups is 1. The average Bonchev–Trinajstić information content (AvgIpc) is 2.29. The maximum absolute atomic E-state index is 12.1. The molecule has 0 aromatic heterocycles. The van der Waals surface area contributed by atoms with Crippen molar-refractivity contribution in [2.24, 2.45) is 4.99 Å². The minimum absolute atomic E-state index is 0.254. The standard InChI is InChI=1S/C13H17NO3S/c1-10(2)18(16,17)12-7-5-6-11(8-12)13(3,4)14-9-15/h5-8,10H,1-4H3. The van der Waals surface area contributed by atoms with Crippen molar-refractivity contribution >= 4 is 15.9 Å². The van der Waals surface area contributed by atoms with E-state index in [1.807, 2.05) is 0 Å². The van der Waals surface area contributed by atoms with Gasteiger partial charge in [0.15, 0.2) is 9.84 Å². The summed E-state index contributed by atoms with van der Waals surface area (Å²) in [6, 6.07) is 6.53. The van der Waals surface area contributed by atoms with Crippen LogP contribution in [0.1, 0.15) is 33.3 Å². The van der Waals surface area contributed by atoms with Gasteiger partial charge in [0.2, 0.25) is 6.08 Å². The molecule has 0 aliphatic heterocycles. The number of carbonyl (C=O) groups excluding carboxylic acids is 1. The summed E-state index contributed by atoms with van der Waals surface area (Å²) in [6.07, 6.45) is 1.51. The molecule has 1 aromatic rings. The Balaban J connectivity index is 3.36. The van der Waals surface area contributed by atoms with E-state index in [4.69, 9.17) is 0 Å². The summed E-state index contributed by atoms with van der Waals surface area (Å²) in [5, 5.41) is -0.481. The van der Waals surface area contributed by atoms with Gasteiger partial charge in [-0.15, -0.1) is 0 Å². The highest BCUT2D eigenvalue weighted by Crippen LogP contribution is 2.27. The molecule has 0 amide bonds. The first-order valence-corrected chi connectivity index (χ1v) is 7.20. The van der Waals surface area contributed by atoms with E-state index in [0.29, 0.717) is 5.56 Å². The van der Waals surface area contributed by atoms with Crippen LogP contribution in [0.15, 0.2) is 34.2 Å². The molecule has 0 bridgehead atoms. The molecule has 0 spiro atoms. The van der Waals surface area contributed by atoms with Crippen LogP contribution < -0.4 is 0 Å². The molecule has 5 heteroatoms. The lowest BCUT2D eigenvalue weighted by Gasteiger charge is -2.19. The minimum atomic E-state index is -3.31. The summed E-state index contributed by atoms with van der Waals surface area (Å²) in [7, 11) is -3.31. The first-order chi connectivity index (χ1) is 8.21. The first kappa shape index (κ1) is 14.6. The predicted molar refractivity (Wildman–Crippen MR) is 69.9 cm³/mol. The van der Waals surface area contributed by atoms with E-state index in [-0.39, 0.29) is 4.90 Å². The van der Waals surface area contributed by atoms with Crippen molar-refractivity contribution in [2.45, 2.75) is 43.4 Å². The van der Waals surface area contributed by atoms with Crippen LogP contribution in [-0.2, 0) is 20.2 Å². The Labute approximate surface area is 108 Å². The maximum atomic E-state index is 12.1. The molecule has 0 radical (unpaired) electrons. The smallest absolute Gasteiger partial charge is 0.223 e. The third-order valence-corrected chi connectivity index (χ3v) is 4.97. The van der Waals surface area contributed by atoms with Gasteiger partial charge in [0.25, 0.3) is 0 Å². The van der Waals surface area contributed by atoms with Crippen molar-refractivity contribution in [3.8, 4) is 0 Å². The summed E-state index contributed by atoms with van der Waals surface area (Å²) >= 11 is 0. The fourth-order valence-electron chi connectivity index (χ4n) is 1.50. The highest BCUT2D eigenvalue weighted by molar-refractivity contribution is 7.92. The number of rotatable bonds is 4. The van der Waals surface area contributed by atoms with Gasteiger partial charge in [-0.25, -0.2) is 13.2 Å². The Kier molecular flexibility index (Phi) is 4.09. The summed E-state index contributed by atoms with van der Waals surface area (Å²) < 4.78 is 24.1. The van der Waals surface area contributed by atoms with Gasteiger partial charge in [-0.05, 0) is 45.4 Å². The fraction of sp³-hybridized carbons (Fsp3) is 0.462.